The van der Waals surface area contributed by atoms with E-state index in [0.717, 1.165) is 12.8 Å². The number of amides is 1. The van der Waals surface area contributed by atoms with Crippen LogP contribution in [0.1, 0.15) is 41.6 Å². The summed E-state index contributed by atoms with van der Waals surface area (Å²) in [5.41, 5.74) is 5.86. The van der Waals surface area contributed by atoms with E-state index >= 15 is 0 Å². The van der Waals surface area contributed by atoms with Gasteiger partial charge in [-0.2, -0.15) is 0 Å². The number of nitrogens with one attached hydrogen (secondary N) is 1. The molecule has 0 aromatic heterocycles. The van der Waals surface area contributed by atoms with Crippen molar-refractivity contribution >= 4 is 5.91 Å². The summed E-state index contributed by atoms with van der Waals surface area (Å²) >= 11 is 0. The number of carbonyl (C=O) groups is 1. The Labute approximate surface area is 118 Å². The molecule has 2 rings (SSSR count). The maximum Gasteiger partial charge on any atom is 0.254 e. The summed E-state index contributed by atoms with van der Waals surface area (Å²) in [6.07, 6.45) is 4.75. The van der Waals surface area contributed by atoms with Crippen molar-refractivity contribution in [3.05, 3.63) is 35.1 Å². The summed E-state index contributed by atoms with van der Waals surface area (Å²) in [6, 6.07) is 4.38. The number of carbonyl (C=O) groups excluding carboxylic acids is 1. The van der Waals surface area contributed by atoms with Crippen LogP contribution in [-0.2, 0) is 0 Å². The third-order valence-corrected chi connectivity index (χ3v) is 3.57. The average molecular weight is 274 g/mol. The van der Waals surface area contributed by atoms with Gasteiger partial charge in [0.25, 0.3) is 5.91 Å². The Bertz CT molecular complexity index is 539. The number of halogens is 1. The van der Waals surface area contributed by atoms with Gasteiger partial charge in [0.15, 0.2) is 0 Å². The zero-order chi connectivity index (χ0) is 14.4. The van der Waals surface area contributed by atoms with Crippen molar-refractivity contribution in [3.8, 4) is 11.8 Å². The third-order valence-electron chi connectivity index (χ3n) is 3.57. The summed E-state index contributed by atoms with van der Waals surface area (Å²) in [4.78, 5) is 11.9. The highest BCUT2D eigenvalue weighted by Crippen LogP contribution is 2.23. The fourth-order valence-electron chi connectivity index (χ4n) is 2.48. The first-order chi connectivity index (χ1) is 9.70. The van der Waals surface area contributed by atoms with Crippen molar-refractivity contribution in [1.29, 1.82) is 0 Å². The molecule has 0 spiro atoms. The summed E-state index contributed by atoms with van der Waals surface area (Å²) in [6.45, 7) is 0.859. The monoisotopic (exact) mass is 274 g/mol. The van der Waals surface area contributed by atoms with Gasteiger partial charge in [-0.15, -0.1) is 0 Å². The molecule has 20 heavy (non-hydrogen) atoms. The van der Waals surface area contributed by atoms with Gasteiger partial charge in [-0.25, -0.2) is 4.39 Å². The number of rotatable bonds is 3. The number of hydrogen-bond acceptors (Lipinski definition) is 2. The van der Waals surface area contributed by atoms with E-state index in [0.29, 0.717) is 18.0 Å². The lowest BCUT2D eigenvalue weighted by molar-refractivity contribution is 0.0943. The molecular formula is C16H19FN2O. The van der Waals surface area contributed by atoms with E-state index in [1.165, 1.54) is 25.0 Å². The molecule has 1 aromatic rings. The lowest BCUT2D eigenvalue weighted by atomic mass is 10.1. The zero-order valence-corrected chi connectivity index (χ0v) is 11.4. The second-order valence-corrected chi connectivity index (χ2v) is 5.06. The highest BCUT2D eigenvalue weighted by atomic mass is 19.1. The van der Waals surface area contributed by atoms with Gasteiger partial charge in [-0.1, -0.05) is 24.7 Å². The van der Waals surface area contributed by atoms with Gasteiger partial charge < -0.3 is 11.1 Å². The fraction of sp³-hybridized carbons (Fsp3) is 0.438. The molecule has 106 valence electrons. The number of nitrogens with two attached hydrogens (primary N) is 1. The van der Waals surface area contributed by atoms with Crippen molar-refractivity contribution in [3.63, 3.8) is 0 Å². The van der Waals surface area contributed by atoms with Gasteiger partial charge >= 0.3 is 0 Å². The number of hydrogen-bond donors (Lipinski definition) is 2. The Morgan fingerprint density at radius 1 is 1.40 bits per heavy atom. The summed E-state index contributed by atoms with van der Waals surface area (Å²) in [5.74, 6) is 5.04. The van der Waals surface area contributed by atoms with E-state index in [1.54, 1.807) is 6.07 Å². The highest BCUT2D eigenvalue weighted by molar-refractivity contribution is 5.94. The second-order valence-electron chi connectivity index (χ2n) is 5.06. The average Bonchev–Trinajstić information content (AvgIpc) is 2.96. The van der Waals surface area contributed by atoms with E-state index in [1.807, 2.05) is 0 Å². The van der Waals surface area contributed by atoms with E-state index < -0.39 is 5.82 Å². The molecule has 3 N–H and O–H groups in total. The Balaban J connectivity index is 1.98. The topological polar surface area (TPSA) is 55.1 Å². The molecule has 1 fully saturated rings. The molecule has 3 nitrogen and oxygen atoms in total. The van der Waals surface area contributed by atoms with Gasteiger partial charge in [0, 0.05) is 12.1 Å². The standard InChI is InChI=1S/C16H19FN2O/c17-15-10-12(6-3-9-18)7-8-14(15)16(20)19-11-13-4-1-2-5-13/h7-8,10,13H,1-2,4-5,9,11,18H2,(H,19,20). The van der Waals surface area contributed by atoms with Crippen molar-refractivity contribution in [1.82, 2.24) is 5.32 Å². The maximum absolute atomic E-state index is 13.9. The first kappa shape index (κ1) is 14.5. The van der Waals surface area contributed by atoms with Crippen LogP contribution >= 0.6 is 0 Å². The Morgan fingerprint density at radius 2 is 2.15 bits per heavy atom. The first-order valence-electron chi connectivity index (χ1n) is 6.97. The van der Waals surface area contributed by atoms with Gasteiger partial charge in [0.2, 0.25) is 0 Å². The molecule has 0 radical (unpaired) electrons. The molecule has 1 saturated carbocycles. The van der Waals surface area contributed by atoms with Crippen LogP contribution in [0.15, 0.2) is 18.2 Å². The van der Waals surface area contributed by atoms with E-state index in [2.05, 4.69) is 17.2 Å². The minimum atomic E-state index is -0.544. The lowest BCUT2D eigenvalue weighted by Gasteiger charge is -2.11. The van der Waals surface area contributed by atoms with Crippen LogP contribution in [0.3, 0.4) is 0 Å². The minimum absolute atomic E-state index is 0.0706. The molecular weight excluding hydrogens is 255 g/mol. The quantitative estimate of drug-likeness (QED) is 0.829. The molecule has 0 aliphatic heterocycles. The highest BCUT2D eigenvalue weighted by Gasteiger charge is 2.17. The van der Waals surface area contributed by atoms with Crippen molar-refractivity contribution in [2.45, 2.75) is 25.7 Å². The predicted octanol–water partition coefficient (Wildman–Crippen LogP) is 2.06. The predicted molar refractivity (Wildman–Crippen MR) is 76.6 cm³/mol. The zero-order valence-electron chi connectivity index (χ0n) is 11.4. The summed E-state index contributed by atoms with van der Waals surface area (Å²) < 4.78 is 13.9. The van der Waals surface area contributed by atoms with Crippen LogP contribution in [0.2, 0.25) is 0 Å². The molecule has 1 amide bonds. The van der Waals surface area contributed by atoms with E-state index in [-0.39, 0.29) is 18.0 Å². The molecule has 4 heteroatoms. The third kappa shape index (κ3) is 3.82. The molecule has 0 bridgehead atoms. The van der Waals surface area contributed by atoms with Crippen LogP contribution in [-0.4, -0.2) is 19.0 Å². The molecule has 1 aliphatic carbocycles. The molecule has 0 unspecified atom stereocenters. The Hall–Kier alpha value is -1.86. The molecule has 0 saturated heterocycles. The fourth-order valence-corrected chi connectivity index (χ4v) is 2.48. The smallest absolute Gasteiger partial charge is 0.254 e. The van der Waals surface area contributed by atoms with Crippen LogP contribution in [0.4, 0.5) is 4.39 Å². The van der Waals surface area contributed by atoms with Crippen molar-refractivity contribution in [2.24, 2.45) is 11.7 Å². The van der Waals surface area contributed by atoms with Gasteiger partial charge in [-0.3, -0.25) is 4.79 Å². The van der Waals surface area contributed by atoms with Gasteiger partial charge in [0.1, 0.15) is 5.82 Å². The lowest BCUT2D eigenvalue weighted by Crippen LogP contribution is -2.29. The normalized spacial score (nSPS) is 14.7. The van der Waals surface area contributed by atoms with Gasteiger partial charge in [-0.05, 0) is 37.0 Å². The van der Waals surface area contributed by atoms with Crippen molar-refractivity contribution in [2.75, 3.05) is 13.1 Å². The van der Waals surface area contributed by atoms with Crippen LogP contribution < -0.4 is 11.1 Å². The van der Waals surface area contributed by atoms with E-state index in [9.17, 15) is 9.18 Å². The Morgan fingerprint density at radius 3 is 2.80 bits per heavy atom. The molecule has 0 heterocycles. The van der Waals surface area contributed by atoms with Gasteiger partial charge in [0.05, 0.1) is 12.1 Å². The molecule has 0 atom stereocenters. The molecule has 1 aromatic carbocycles. The summed E-state index contributed by atoms with van der Waals surface area (Å²) in [5, 5.41) is 2.81. The molecule has 1 aliphatic rings. The van der Waals surface area contributed by atoms with Crippen LogP contribution in [0.25, 0.3) is 0 Å². The minimum Gasteiger partial charge on any atom is -0.352 e. The van der Waals surface area contributed by atoms with Crippen LogP contribution in [0, 0.1) is 23.6 Å². The van der Waals surface area contributed by atoms with Crippen LogP contribution in [0.5, 0.6) is 0 Å². The Kier molecular flexibility index (Phi) is 5.14. The van der Waals surface area contributed by atoms with Crippen molar-refractivity contribution < 1.29 is 9.18 Å². The maximum atomic E-state index is 13.9. The second kappa shape index (κ2) is 7.06. The first-order valence-corrected chi connectivity index (χ1v) is 6.97. The SMILES string of the molecule is NCC#Cc1ccc(C(=O)NCC2CCCC2)c(F)c1. The summed E-state index contributed by atoms with van der Waals surface area (Å²) in [7, 11) is 0. The largest absolute Gasteiger partial charge is 0.352 e. The number of benzene rings is 1. The van der Waals surface area contributed by atoms with E-state index in [4.69, 9.17) is 5.73 Å².